The van der Waals surface area contributed by atoms with Crippen molar-refractivity contribution in [1.82, 2.24) is 0 Å². The zero-order valence-corrected chi connectivity index (χ0v) is 9.06. The summed E-state index contributed by atoms with van der Waals surface area (Å²) < 4.78 is 0. The van der Waals surface area contributed by atoms with Crippen molar-refractivity contribution >= 4 is 11.7 Å². The first kappa shape index (κ1) is 13.9. The fourth-order valence-electron chi connectivity index (χ4n) is 1.52. The van der Waals surface area contributed by atoms with E-state index in [9.17, 15) is 0 Å². The van der Waals surface area contributed by atoms with Gasteiger partial charge in [0, 0.05) is 12.4 Å². The summed E-state index contributed by atoms with van der Waals surface area (Å²) in [6.45, 7) is 2.86. The molecular formula is C9H18N2O4. The van der Waals surface area contributed by atoms with Crippen LogP contribution in [0.25, 0.3) is 0 Å². The molecule has 0 aromatic rings. The van der Waals surface area contributed by atoms with E-state index < -0.39 is 5.97 Å². The fraction of sp³-hybridized carbons (Fsp3) is 0.778. The third-order valence-electron chi connectivity index (χ3n) is 2.42. The van der Waals surface area contributed by atoms with Crippen LogP contribution in [0.1, 0.15) is 39.5 Å². The molecule has 0 aromatic carbocycles. The number of oxime groups is 1. The first-order valence-corrected chi connectivity index (χ1v) is 4.84. The van der Waals surface area contributed by atoms with Crippen molar-refractivity contribution in [1.29, 1.82) is 0 Å². The van der Waals surface area contributed by atoms with E-state index in [2.05, 4.69) is 5.16 Å². The zero-order valence-electron chi connectivity index (χ0n) is 9.06. The second-order valence-corrected chi connectivity index (χ2v) is 3.79. The number of hydroxylamine groups is 1. The summed E-state index contributed by atoms with van der Waals surface area (Å²) in [7, 11) is 0. The third kappa shape index (κ3) is 4.75. The Bertz CT molecular complexity index is 238. The first-order chi connectivity index (χ1) is 6.96. The quantitative estimate of drug-likeness (QED) is 0.381. The summed E-state index contributed by atoms with van der Waals surface area (Å²) >= 11 is 0. The molecular weight excluding hydrogens is 200 g/mol. The zero-order chi connectivity index (χ0) is 11.9. The van der Waals surface area contributed by atoms with Crippen LogP contribution in [0.2, 0.25) is 0 Å². The minimum atomic E-state index is -1.08. The van der Waals surface area contributed by atoms with E-state index in [1.54, 1.807) is 0 Å². The third-order valence-corrected chi connectivity index (χ3v) is 2.42. The highest BCUT2D eigenvalue weighted by molar-refractivity contribution is 5.91. The average molecular weight is 218 g/mol. The Kier molecular flexibility index (Phi) is 5.88. The summed E-state index contributed by atoms with van der Waals surface area (Å²) in [5.41, 5.74) is 1.46. The highest BCUT2D eigenvalue weighted by Crippen LogP contribution is 2.21. The van der Waals surface area contributed by atoms with Crippen molar-refractivity contribution in [3.63, 3.8) is 0 Å². The number of hydrogen-bond acceptors (Lipinski definition) is 5. The Balaban J connectivity index is 0.000000423. The van der Waals surface area contributed by atoms with Crippen molar-refractivity contribution in [2.45, 2.75) is 45.1 Å². The second kappa shape index (κ2) is 6.36. The molecule has 1 rings (SSSR count). The molecule has 0 saturated heterocycles. The lowest BCUT2D eigenvalue weighted by atomic mass is 9.82. The molecule has 1 aliphatic rings. The molecule has 0 bridgehead atoms. The van der Waals surface area contributed by atoms with Gasteiger partial charge in [-0.25, -0.2) is 5.21 Å². The van der Waals surface area contributed by atoms with Gasteiger partial charge < -0.3 is 15.1 Å². The van der Waals surface area contributed by atoms with Gasteiger partial charge in [-0.05, 0) is 33.1 Å². The smallest absolute Gasteiger partial charge is 0.164 e. The van der Waals surface area contributed by atoms with Crippen molar-refractivity contribution in [3.05, 3.63) is 0 Å². The topological polar surface area (TPSA) is 110 Å². The number of carboxylic acids is 1. The van der Waals surface area contributed by atoms with Crippen LogP contribution < -0.4 is 10.6 Å². The lowest BCUT2D eigenvalue weighted by Gasteiger charge is -2.28. The average Bonchev–Trinajstić information content (AvgIpc) is 2.18. The van der Waals surface area contributed by atoms with Gasteiger partial charge >= 0.3 is 0 Å². The van der Waals surface area contributed by atoms with Gasteiger partial charge in [0.05, 0.1) is 0 Å². The van der Waals surface area contributed by atoms with Gasteiger partial charge in [0.1, 0.15) is 5.71 Å². The Morgan fingerprint density at radius 1 is 1.60 bits per heavy atom. The Hall–Kier alpha value is -1.14. The molecule has 0 amide bonds. The standard InChI is InChI=1S/C7H14N2O2.C2H4O2/c1-7(9-11)5-3-2-4-6(7)8-10;1-2(3)4/h9-11H,2-5H2,1H3;1H3,(H,3,4)/b8-6+;. The fourth-order valence-corrected chi connectivity index (χ4v) is 1.52. The molecule has 6 nitrogen and oxygen atoms in total. The number of quaternary nitrogens is 1. The molecule has 4 N–H and O–H groups in total. The van der Waals surface area contributed by atoms with E-state index >= 15 is 0 Å². The van der Waals surface area contributed by atoms with Crippen molar-refractivity contribution < 1.29 is 25.8 Å². The minimum absolute atomic E-state index is 0.382. The maximum atomic E-state index is 8.93. The SMILES string of the molecule is CC(=O)[O-].CC1([NH2+]O)CCCC/C1=N\O. The first-order valence-electron chi connectivity index (χ1n) is 4.84. The lowest BCUT2D eigenvalue weighted by molar-refractivity contribution is -0.923. The molecule has 0 aliphatic heterocycles. The Labute approximate surface area is 88.6 Å². The number of hydrogen-bond donors (Lipinski definition) is 3. The predicted molar refractivity (Wildman–Crippen MR) is 50.5 cm³/mol. The van der Waals surface area contributed by atoms with Crippen LogP contribution in [0.3, 0.4) is 0 Å². The number of rotatable bonds is 1. The van der Waals surface area contributed by atoms with E-state index in [1.807, 2.05) is 6.92 Å². The van der Waals surface area contributed by atoms with Gasteiger partial charge in [-0.3, -0.25) is 0 Å². The van der Waals surface area contributed by atoms with Gasteiger partial charge in [0.25, 0.3) is 0 Å². The van der Waals surface area contributed by atoms with Crippen LogP contribution in [0, 0.1) is 0 Å². The van der Waals surface area contributed by atoms with Crippen molar-refractivity contribution in [2.24, 2.45) is 5.16 Å². The normalized spacial score (nSPS) is 28.1. The van der Waals surface area contributed by atoms with Crippen LogP contribution in [0.15, 0.2) is 5.16 Å². The molecule has 6 heteroatoms. The maximum Gasteiger partial charge on any atom is 0.164 e. The van der Waals surface area contributed by atoms with Crippen LogP contribution in [-0.2, 0) is 4.79 Å². The van der Waals surface area contributed by atoms with Crippen LogP contribution >= 0.6 is 0 Å². The summed E-state index contributed by atoms with van der Waals surface area (Å²) in [5, 5.41) is 29.6. The number of carboxylic acid groups (broad SMARTS) is 1. The predicted octanol–water partition coefficient (Wildman–Crippen LogP) is -1.14. The van der Waals surface area contributed by atoms with Crippen molar-refractivity contribution in [3.8, 4) is 0 Å². The molecule has 1 aliphatic carbocycles. The van der Waals surface area contributed by atoms with Crippen LogP contribution in [0.5, 0.6) is 0 Å². The molecule has 1 fully saturated rings. The number of nitrogens with two attached hydrogens (primary N) is 1. The van der Waals surface area contributed by atoms with E-state index in [1.165, 1.54) is 0 Å². The summed E-state index contributed by atoms with van der Waals surface area (Å²) in [6, 6.07) is 0. The maximum absolute atomic E-state index is 8.93. The molecule has 0 spiro atoms. The number of aliphatic carboxylic acids is 1. The van der Waals surface area contributed by atoms with E-state index in [0.29, 0.717) is 5.71 Å². The molecule has 1 atom stereocenters. The van der Waals surface area contributed by atoms with Crippen LogP contribution in [-0.4, -0.2) is 27.6 Å². The highest BCUT2D eigenvalue weighted by atomic mass is 16.5. The van der Waals surface area contributed by atoms with Gasteiger partial charge in [-0.15, -0.1) is 0 Å². The van der Waals surface area contributed by atoms with Crippen molar-refractivity contribution in [2.75, 3.05) is 0 Å². The van der Waals surface area contributed by atoms with Crippen LogP contribution in [0.4, 0.5) is 0 Å². The molecule has 15 heavy (non-hydrogen) atoms. The summed E-state index contributed by atoms with van der Waals surface area (Å²) in [4.78, 5) is 8.89. The summed E-state index contributed by atoms with van der Waals surface area (Å²) in [6.07, 6.45) is 3.82. The van der Waals surface area contributed by atoms with Gasteiger partial charge in [-0.1, -0.05) is 5.16 Å². The highest BCUT2D eigenvalue weighted by Gasteiger charge is 2.37. The van der Waals surface area contributed by atoms with Gasteiger partial charge in [0.15, 0.2) is 5.54 Å². The molecule has 88 valence electrons. The largest absolute Gasteiger partial charge is 0.550 e. The van der Waals surface area contributed by atoms with E-state index in [-0.39, 0.29) is 5.54 Å². The molecule has 1 unspecified atom stereocenters. The molecule has 0 heterocycles. The van der Waals surface area contributed by atoms with E-state index in [0.717, 1.165) is 38.1 Å². The van der Waals surface area contributed by atoms with Gasteiger partial charge in [0.2, 0.25) is 0 Å². The summed E-state index contributed by atoms with van der Waals surface area (Å²) in [5.74, 6) is -1.08. The number of nitrogens with zero attached hydrogens (tertiary/aromatic N) is 1. The number of carbonyl (C=O) groups excluding carboxylic acids is 1. The lowest BCUT2D eigenvalue weighted by Crippen LogP contribution is -2.96. The molecule has 1 saturated carbocycles. The second-order valence-electron chi connectivity index (χ2n) is 3.79. The Morgan fingerprint density at radius 3 is 2.47 bits per heavy atom. The number of carbonyl (C=O) groups is 1. The van der Waals surface area contributed by atoms with Gasteiger partial charge in [-0.2, -0.15) is 5.48 Å². The molecule has 0 aromatic heterocycles. The monoisotopic (exact) mass is 218 g/mol. The Morgan fingerprint density at radius 2 is 2.13 bits per heavy atom. The minimum Gasteiger partial charge on any atom is -0.550 e. The van der Waals surface area contributed by atoms with E-state index in [4.69, 9.17) is 20.3 Å². The molecule has 0 radical (unpaired) electrons.